The van der Waals surface area contributed by atoms with Gasteiger partial charge in [0, 0.05) is 24.2 Å². The molecule has 0 aromatic heterocycles. The van der Waals surface area contributed by atoms with E-state index in [0.29, 0.717) is 19.5 Å². The molecule has 4 aliphatic carbocycles. The van der Waals surface area contributed by atoms with Gasteiger partial charge in [-0.3, -0.25) is 43.2 Å². The first-order valence-electron chi connectivity index (χ1n) is 35.8. The van der Waals surface area contributed by atoms with E-state index in [2.05, 4.69) is 70.2 Å². The van der Waals surface area contributed by atoms with E-state index in [-0.39, 0.29) is 64.6 Å². The number of likely N-dealkylation sites (tertiary alicyclic amines) is 2. The lowest BCUT2D eigenvalue weighted by atomic mass is 9.79. The van der Waals surface area contributed by atoms with E-state index in [1.807, 2.05) is 144 Å². The highest BCUT2D eigenvalue weighted by Crippen LogP contribution is 2.66. The molecule has 554 valence electrons. The molecule has 8 rings (SSSR count). The molecule has 2 saturated heterocycles. The van der Waals surface area contributed by atoms with E-state index in [4.69, 9.17) is 9.47 Å². The number of benzene rings is 2. The van der Waals surface area contributed by atoms with Gasteiger partial charge >= 0.3 is 24.0 Å². The number of ether oxygens (including phenoxy) is 2. The molecule has 6 aliphatic rings. The first-order chi connectivity index (χ1) is 46.0. The standard InChI is InChI=1S/C38H59N5O7.C38H57N5O7/c2*1-35(2,3)30(41-34(49)42-36(4,5)6)33(48)43-21-24-27(37(24,7)8)28(43)31(46)40-25(19-22-15-14-16-22)29(45)32(47)39-20-26(44)50-38(9,10)23-17-12-11-13-18-23/h11-13,17-18,22,24-25,27-30,45H,14-16,19-21H2,1-10H3,(H,39,47)(H,40,46)(H2,41,42,49);11-13,17-18,22,24-25,27-28,30H,14-16,19-21H2,1-10H3,(H,39,47)(H,40,46)(H2,41,42,49)/t24?,25?,27?,28-,29?,30+;24?,25?,27?,28-,30+/m00/s1. The number of amides is 10. The van der Waals surface area contributed by atoms with Crippen molar-refractivity contribution in [2.45, 2.75) is 254 Å². The Bertz CT molecular complexity index is 3340. The predicted octanol–water partition coefficient (Wildman–Crippen LogP) is 7.43. The minimum absolute atomic E-state index is 0.0708. The molecule has 6 fully saturated rings. The number of nitrogens with zero attached hydrogens (tertiary/aromatic N) is 2. The van der Waals surface area contributed by atoms with Crippen LogP contribution in [0.3, 0.4) is 0 Å². The second kappa shape index (κ2) is 30.5. The van der Waals surface area contributed by atoms with Crippen LogP contribution in [-0.2, 0) is 63.8 Å². The highest BCUT2D eigenvalue weighted by Gasteiger charge is 2.71. The van der Waals surface area contributed by atoms with Crippen LogP contribution in [-0.4, -0.2) is 160 Å². The normalized spacial score (nSPS) is 23.0. The zero-order valence-corrected chi connectivity index (χ0v) is 62.9. The number of hydrogen-bond acceptors (Lipinski definition) is 14. The van der Waals surface area contributed by atoms with Crippen molar-refractivity contribution in [1.82, 2.24) is 52.3 Å². The third kappa shape index (κ3) is 19.9. The minimum atomic E-state index is -1.63. The van der Waals surface area contributed by atoms with E-state index < -0.39 is 142 Å². The summed E-state index contributed by atoms with van der Waals surface area (Å²) < 4.78 is 11.2. The average Bonchev–Trinajstić information content (AvgIpc) is 1.53. The molecular weight excluding hydrogens is 1280 g/mol. The lowest BCUT2D eigenvalue weighted by molar-refractivity contribution is -0.158. The Balaban J connectivity index is 0.000000281. The molecule has 4 saturated carbocycles. The van der Waals surface area contributed by atoms with Crippen molar-refractivity contribution in [3.8, 4) is 0 Å². The molecule has 9 N–H and O–H groups in total. The molecule has 2 aromatic rings. The maximum Gasteiger partial charge on any atom is 0.326 e. The van der Waals surface area contributed by atoms with Crippen molar-refractivity contribution in [2.24, 2.45) is 57.2 Å². The number of aliphatic hydroxyl groups excluding tert-OH is 1. The molecule has 0 radical (unpaired) electrons. The second-order valence-corrected chi connectivity index (χ2v) is 35.2. The summed E-state index contributed by atoms with van der Waals surface area (Å²) in [5, 5.41) is 33.4. The second-order valence-electron chi connectivity index (χ2n) is 35.2. The fraction of sp³-hybridized carbons (Fsp3) is 0.697. The Labute approximate surface area is 592 Å². The molecule has 2 heterocycles. The molecule has 11 atom stereocenters. The molecule has 2 aromatic carbocycles. The van der Waals surface area contributed by atoms with Crippen LogP contribution in [0.25, 0.3) is 0 Å². The van der Waals surface area contributed by atoms with Gasteiger partial charge in [0.15, 0.2) is 6.10 Å². The number of carbonyl (C=O) groups is 11. The van der Waals surface area contributed by atoms with E-state index in [9.17, 15) is 57.8 Å². The summed E-state index contributed by atoms with van der Waals surface area (Å²) in [5.41, 5.74) is -3.07. The number of aliphatic hydroxyl groups is 1. The quantitative estimate of drug-likeness (QED) is 0.0365. The van der Waals surface area contributed by atoms with Crippen LogP contribution < -0.4 is 42.5 Å². The first-order valence-corrected chi connectivity index (χ1v) is 35.8. The molecule has 2 aliphatic heterocycles. The van der Waals surface area contributed by atoms with E-state index in [0.717, 1.165) is 49.7 Å². The third-order valence-corrected chi connectivity index (χ3v) is 21.2. The smallest absolute Gasteiger partial charge is 0.326 e. The SMILES string of the molecule is CC(C)(C)NC(=O)N[C@H](C(=O)N1CC2C([C@H]1C(=O)NC(CC1CCC1)C(=O)C(=O)NCC(=O)OC(C)(C)c1ccccc1)C2(C)C)C(C)(C)C.CC(C)(C)NC(=O)N[C@H](C(=O)N1CC2C([C@H]1C(=O)NC(CC1CCC1)C(O)C(=O)NCC(=O)OC(C)(C)c1ccccc1)C2(C)C)C(C)(C)C. The van der Waals surface area contributed by atoms with E-state index >= 15 is 0 Å². The number of hydrogen-bond donors (Lipinski definition) is 9. The highest BCUT2D eigenvalue weighted by molar-refractivity contribution is 6.38. The fourth-order valence-corrected chi connectivity index (χ4v) is 14.7. The fourth-order valence-electron chi connectivity index (χ4n) is 14.7. The van der Waals surface area contributed by atoms with Gasteiger partial charge in [0.25, 0.3) is 11.8 Å². The molecule has 24 nitrogen and oxygen atoms in total. The van der Waals surface area contributed by atoms with Crippen molar-refractivity contribution in [3.63, 3.8) is 0 Å². The van der Waals surface area contributed by atoms with Crippen LogP contribution in [0.4, 0.5) is 9.59 Å². The first kappa shape index (κ1) is 79.7. The number of rotatable bonds is 24. The van der Waals surface area contributed by atoms with Crippen molar-refractivity contribution in [1.29, 1.82) is 0 Å². The van der Waals surface area contributed by atoms with Crippen molar-refractivity contribution >= 4 is 65.2 Å². The third-order valence-electron chi connectivity index (χ3n) is 21.2. The topological polar surface area (TPSA) is 329 Å². The predicted molar refractivity (Wildman–Crippen MR) is 378 cm³/mol. The Hall–Kier alpha value is -7.63. The Morgan fingerprint density at radius 2 is 0.880 bits per heavy atom. The number of ketones is 1. The Kier molecular flexibility index (Phi) is 24.3. The highest BCUT2D eigenvalue weighted by atomic mass is 16.6. The van der Waals surface area contributed by atoms with Crippen LogP contribution in [0.15, 0.2) is 60.7 Å². The van der Waals surface area contributed by atoms with Gasteiger partial charge in [-0.2, -0.15) is 0 Å². The van der Waals surface area contributed by atoms with Crippen LogP contribution in [0.2, 0.25) is 0 Å². The summed E-state index contributed by atoms with van der Waals surface area (Å²) in [6, 6.07) is 11.8. The molecular formula is C76H116N10O14. The zero-order chi connectivity index (χ0) is 74.8. The number of esters is 2. The van der Waals surface area contributed by atoms with Crippen LogP contribution in [0.5, 0.6) is 0 Å². The molecule has 100 heavy (non-hydrogen) atoms. The van der Waals surface area contributed by atoms with Gasteiger partial charge in [-0.25, -0.2) is 9.59 Å². The van der Waals surface area contributed by atoms with Gasteiger partial charge in [-0.15, -0.1) is 0 Å². The molecule has 7 unspecified atom stereocenters. The molecule has 10 amide bonds. The zero-order valence-electron chi connectivity index (χ0n) is 62.9. The minimum Gasteiger partial charge on any atom is -0.453 e. The van der Waals surface area contributed by atoms with E-state index in [1.165, 1.54) is 0 Å². The van der Waals surface area contributed by atoms with Gasteiger partial charge in [-0.05, 0) is 150 Å². The van der Waals surface area contributed by atoms with Gasteiger partial charge in [0.2, 0.25) is 29.4 Å². The van der Waals surface area contributed by atoms with Crippen molar-refractivity contribution < 1.29 is 67.3 Å². The summed E-state index contributed by atoms with van der Waals surface area (Å²) >= 11 is 0. The average molecular weight is 1390 g/mol. The monoisotopic (exact) mass is 1390 g/mol. The van der Waals surface area contributed by atoms with Gasteiger partial charge in [0.05, 0.1) is 12.1 Å². The Morgan fingerprint density at radius 3 is 1.24 bits per heavy atom. The van der Waals surface area contributed by atoms with Gasteiger partial charge in [-0.1, -0.05) is 168 Å². The van der Waals surface area contributed by atoms with Crippen LogP contribution in [0, 0.1) is 57.2 Å². The Morgan fingerprint density at radius 1 is 0.510 bits per heavy atom. The summed E-state index contributed by atoms with van der Waals surface area (Å²) in [6.45, 7) is 37.2. The molecule has 0 bridgehead atoms. The molecule has 0 spiro atoms. The molecule has 24 heteroatoms. The largest absolute Gasteiger partial charge is 0.453 e. The number of Topliss-reactive ketones (excluding diaryl/α,β-unsaturated/α-hetero) is 1. The number of carbonyl (C=O) groups excluding carboxylic acids is 11. The summed E-state index contributed by atoms with van der Waals surface area (Å²) in [6.07, 6.45) is 4.65. The van der Waals surface area contributed by atoms with E-state index in [1.54, 1.807) is 37.5 Å². The maximum absolute atomic E-state index is 14.2. The van der Waals surface area contributed by atoms with Crippen molar-refractivity contribution in [3.05, 3.63) is 71.8 Å². The van der Waals surface area contributed by atoms with Crippen molar-refractivity contribution in [2.75, 3.05) is 26.2 Å². The van der Waals surface area contributed by atoms with Gasteiger partial charge < -0.3 is 66.9 Å². The summed E-state index contributed by atoms with van der Waals surface area (Å²) in [5.74, 6) is -5.40. The lowest BCUT2D eigenvalue weighted by Gasteiger charge is -2.39. The number of piperidine rings is 2. The maximum atomic E-state index is 14.2. The summed E-state index contributed by atoms with van der Waals surface area (Å²) in [7, 11) is 0. The number of nitrogens with one attached hydrogen (secondary N) is 8. The number of fused-ring (bicyclic) bond motifs is 2. The number of urea groups is 2. The lowest BCUT2D eigenvalue weighted by Crippen LogP contribution is -2.62. The van der Waals surface area contributed by atoms with Gasteiger partial charge in [0.1, 0.15) is 48.5 Å². The summed E-state index contributed by atoms with van der Waals surface area (Å²) in [4.78, 5) is 151. The van der Waals surface area contributed by atoms with Crippen LogP contribution >= 0.6 is 0 Å². The van der Waals surface area contributed by atoms with Crippen LogP contribution in [0.1, 0.15) is 201 Å².